The van der Waals surface area contributed by atoms with Crippen molar-refractivity contribution in [3.8, 4) is 0 Å². The Morgan fingerprint density at radius 3 is 2.71 bits per heavy atom. The molecule has 0 aromatic carbocycles. The maximum absolute atomic E-state index is 11.8. The molecule has 0 saturated carbocycles. The molecule has 1 aliphatic rings. The Kier molecular flexibility index (Phi) is 4.76. The topological polar surface area (TPSA) is 50.4 Å². The number of amides is 1. The van der Waals surface area contributed by atoms with E-state index in [2.05, 4.69) is 5.32 Å². The molecule has 1 saturated heterocycles. The lowest BCUT2D eigenvalue weighted by Gasteiger charge is -2.23. The first kappa shape index (κ1) is 14.2. The molecule has 1 atom stereocenters. The van der Waals surface area contributed by atoms with Gasteiger partial charge in [0.05, 0.1) is 12.1 Å². The van der Waals surface area contributed by atoms with E-state index in [9.17, 15) is 18.0 Å². The predicted molar refractivity (Wildman–Crippen MR) is 55.5 cm³/mol. The standard InChI is InChI=1S/C10H17F3N2O2/c1-9(3-2-4-17-9)6-14-5-8(16)15-7-10(11,12)13/h14H,2-7H2,1H3,(H,15,16). The minimum Gasteiger partial charge on any atom is -0.374 e. The third-order valence-electron chi connectivity index (χ3n) is 2.57. The molecule has 0 spiro atoms. The van der Waals surface area contributed by atoms with Crippen LogP contribution in [0.3, 0.4) is 0 Å². The van der Waals surface area contributed by atoms with Crippen LogP contribution >= 0.6 is 0 Å². The number of halogens is 3. The van der Waals surface area contributed by atoms with Crippen LogP contribution in [0.25, 0.3) is 0 Å². The predicted octanol–water partition coefficient (Wildman–Crippen LogP) is 0.824. The Morgan fingerprint density at radius 2 is 2.18 bits per heavy atom. The van der Waals surface area contributed by atoms with Gasteiger partial charge in [-0.25, -0.2) is 0 Å². The van der Waals surface area contributed by atoms with Crippen molar-refractivity contribution in [1.29, 1.82) is 0 Å². The number of rotatable bonds is 5. The molecule has 17 heavy (non-hydrogen) atoms. The van der Waals surface area contributed by atoms with Crippen LogP contribution < -0.4 is 10.6 Å². The van der Waals surface area contributed by atoms with E-state index < -0.39 is 18.6 Å². The molecule has 4 nitrogen and oxygen atoms in total. The third-order valence-corrected chi connectivity index (χ3v) is 2.57. The van der Waals surface area contributed by atoms with E-state index in [1.54, 1.807) is 5.32 Å². The zero-order chi connectivity index (χ0) is 12.9. The van der Waals surface area contributed by atoms with Gasteiger partial charge in [0.2, 0.25) is 5.91 Å². The normalized spacial score (nSPS) is 24.9. The average Bonchev–Trinajstić information content (AvgIpc) is 2.61. The SMILES string of the molecule is CC1(CNCC(=O)NCC(F)(F)F)CCCO1. The summed E-state index contributed by atoms with van der Waals surface area (Å²) in [7, 11) is 0. The van der Waals surface area contributed by atoms with Gasteiger partial charge in [-0.15, -0.1) is 0 Å². The summed E-state index contributed by atoms with van der Waals surface area (Å²) in [5.74, 6) is -0.663. The van der Waals surface area contributed by atoms with Gasteiger partial charge >= 0.3 is 6.18 Å². The molecule has 0 aromatic rings. The second-order valence-corrected chi connectivity index (χ2v) is 4.40. The molecule has 2 N–H and O–H groups in total. The first-order chi connectivity index (χ1) is 7.81. The average molecular weight is 254 g/mol. The van der Waals surface area contributed by atoms with Gasteiger partial charge in [0.15, 0.2) is 0 Å². The second-order valence-electron chi connectivity index (χ2n) is 4.40. The van der Waals surface area contributed by atoms with E-state index in [4.69, 9.17) is 4.74 Å². The lowest BCUT2D eigenvalue weighted by atomic mass is 10.0. The van der Waals surface area contributed by atoms with Gasteiger partial charge in [-0.3, -0.25) is 4.79 Å². The Balaban J connectivity index is 2.12. The second kappa shape index (κ2) is 5.68. The van der Waals surface area contributed by atoms with Crippen molar-refractivity contribution in [2.75, 3.05) is 26.2 Å². The molecular formula is C10H17F3N2O2. The molecule has 1 amide bonds. The zero-order valence-electron chi connectivity index (χ0n) is 9.69. The van der Waals surface area contributed by atoms with Gasteiger partial charge in [0.1, 0.15) is 6.54 Å². The van der Waals surface area contributed by atoms with E-state index in [1.807, 2.05) is 6.92 Å². The fourth-order valence-corrected chi connectivity index (χ4v) is 1.68. The Bertz CT molecular complexity index is 263. The fourth-order valence-electron chi connectivity index (χ4n) is 1.68. The summed E-state index contributed by atoms with van der Waals surface area (Å²) in [5, 5.41) is 4.59. The van der Waals surface area contributed by atoms with Gasteiger partial charge in [0.25, 0.3) is 0 Å². The number of hydrogen-bond donors (Lipinski definition) is 2. The van der Waals surface area contributed by atoms with E-state index in [0.717, 1.165) is 12.8 Å². The molecule has 0 radical (unpaired) electrons. The molecule has 1 fully saturated rings. The van der Waals surface area contributed by atoms with Crippen LogP contribution in [0.5, 0.6) is 0 Å². The first-order valence-corrected chi connectivity index (χ1v) is 5.49. The van der Waals surface area contributed by atoms with E-state index in [-0.39, 0.29) is 12.1 Å². The summed E-state index contributed by atoms with van der Waals surface area (Å²) in [6.45, 7) is 1.65. The highest BCUT2D eigenvalue weighted by Crippen LogP contribution is 2.23. The highest BCUT2D eigenvalue weighted by Gasteiger charge is 2.30. The number of ether oxygens (including phenoxy) is 1. The van der Waals surface area contributed by atoms with Crippen molar-refractivity contribution in [3.63, 3.8) is 0 Å². The van der Waals surface area contributed by atoms with Crippen LogP contribution in [-0.2, 0) is 9.53 Å². The van der Waals surface area contributed by atoms with Crippen molar-refractivity contribution in [2.24, 2.45) is 0 Å². The summed E-state index contributed by atoms with van der Waals surface area (Å²) in [6, 6.07) is 0. The fraction of sp³-hybridized carbons (Fsp3) is 0.900. The summed E-state index contributed by atoms with van der Waals surface area (Å²) in [5.41, 5.74) is -0.301. The third kappa shape index (κ3) is 5.88. The van der Waals surface area contributed by atoms with Crippen LogP contribution in [0.2, 0.25) is 0 Å². The maximum atomic E-state index is 11.8. The highest BCUT2D eigenvalue weighted by molar-refractivity contribution is 5.78. The van der Waals surface area contributed by atoms with Crippen LogP contribution in [0.15, 0.2) is 0 Å². The van der Waals surface area contributed by atoms with Crippen molar-refractivity contribution in [2.45, 2.75) is 31.5 Å². The Labute approximate surface area is 97.9 Å². The molecule has 0 aromatic heterocycles. The number of alkyl halides is 3. The van der Waals surface area contributed by atoms with Gasteiger partial charge in [-0.05, 0) is 19.8 Å². The molecule has 1 heterocycles. The van der Waals surface area contributed by atoms with Crippen LogP contribution in [-0.4, -0.2) is 43.9 Å². The summed E-state index contributed by atoms with van der Waals surface area (Å²) >= 11 is 0. The van der Waals surface area contributed by atoms with Gasteiger partial charge in [-0.1, -0.05) is 0 Å². The minimum absolute atomic E-state index is 0.130. The summed E-state index contributed by atoms with van der Waals surface area (Å²) < 4.78 is 40.8. The highest BCUT2D eigenvalue weighted by atomic mass is 19.4. The Morgan fingerprint density at radius 1 is 1.47 bits per heavy atom. The van der Waals surface area contributed by atoms with Gasteiger partial charge in [0, 0.05) is 13.2 Å². The lowest BCUT2D eigenvalue weighted by molar-refractivity contribution is -0.138. The maximum Gasteiger partial charge on any atom is 0.405 e. The lowest BCUT2D eigenvalue weighted by Crippen LogP contribution is -2.43. The molecule has 1 rings (SSSR count). The van der Waals surface area contributed by atoms with Crippen LogP contribution in [0, 0.1) is 0 Å². The molecule has 1 unspecified atom stereocenters. The smallest absolute Gasteiger partial charge is 0.374 e. The summed E-state index contributed by atoms with van der Waals surface area (Å²) in [4.78, 5) is 11.1. The number of carbonyl (C=O) groups excluding carboxylic acids is 1. The van der Waals surface area contributed by atoms with Crippen LogP contribution in [0.1, 0.15) is 19.8 Å². The van der Waals surface area contributed by atoms with E-state index >= 15 is 0 Å². The molecule has 0 aliphatic carbocycles. The van der Waals surface area contributed by atoms with Crippen molar-refractivity contribution in [3.05, 3.63) is 0 Å². The van der Waals surface area contributed by atoms with E-state index in [1.165, 1.54) is 0 Å². The molecule has 7 heteroatoms. The van der Waals surface area contributed by atoms with Crippen molar-refractivity contribution >= 4 is 5.91 Å². The quantitative estimate of drug-likeness (QED) is 0.764. The Hall–Kier alpha value is -0.820. The van der Waals surface area contributed by atoms with E-state index in [0.29, 0.717) is 13.2 Å². The van der Waals surface area contributed by atoms with Crippen molar-refractivity contribution < 1.29 is 22.7 Å². The van der Waals surface area contributed by atoms with Crippen LogP contribution in [0.4, 0.5) is 13.2 Å². The van der Waals surface area contributed by atoms with Gasteiger partial charge < -0.3 is 15.4 Å². The van der Waals surface area contributed by atoms with Crippen molar-refractivity contribution in [1.82, 2.24) is 10.6 Å². The first-order valence-electron chi connectivity index (χ1n) is 5.49. The monoisotopic (exact) mass is 254 g/mol. The summed E-state index contributed by atoms with van der Waals surface area (Å²) in [6.07, 6.45) is -2.50. The number of hydrogen-bond acceptors (Lipinski definition) is 3. The molecule has 100 valence electrons. The molecular weight excluding hydrogens is 237 g/mol. The number of nitrogens with one attached hydrogen (secondary N) is 2. The number of carbonyl (C=O) groups is 1. The minimum atomic E-state index is -4.36. The molecule has 1 aliphatic heterocycles. The largest absolute Gasteiger partial charge is 0.405 e. The zero-order valence-corrected chi connectivity index (χ0v) is 9.69. The molecule has 0 bridgehead atoms. The van der Waals surface area contributed by atoms with Gasteiger partial charge in [-0.2, -0.15) is 13.2 Å².